The molecule has 1 rings (SSSR count). The summed E-state index contributed by atoms with van der Waals surface area (Å²) in [5.74, 6) is 0.414. The molecule has 0 unspecified atom stereocenters. The largest absolute Gasteiger partial charge is 0.465 e. The van der Waals surface area contributed by atoms with Crippen molar-refractivity contribution in [3.63, 3.8) is 0 Å². The standard InChI is InChI=1S/C11H14O3/c1-4-13-11(12)9(3)8(2)10-6-5-7-14-10/h5-7H,4H2,1-3H3/b9-8-. The van der Waals surface area contributed by atoms with Crippen LogP contribution in [0.3, 0.4) is 0 Å². The van der Waals surface area contributed by atoms with Gasteiger partial charge in [0.15, 0.2) is 0 Å². The Balaban J connectivity index is 2.88. The molecule has 0 N–H and O–H groups in total. The number of rotatable bonds is 3. The van der Waals surface area contributed by atoms with E-state index in [1.807, 2.05) is 13.0 Å². The first-order valence-corrected chi connectivity index (χ1v) is 4.55. The van der Waals surface area contributed by atoms with E-state index in [-0.39, 0.29) is 5.97 Å². The Bertz CT molecular complexity index is 333. The van der Waals surface area contributed by atoms with Crippen LogP contribution in [0.5, 0.6) is 0 Å². The summed E-state index contributed by atoms with van der Waals surface area (Å²) in [7, 11) is 0. The molecular weight excluding hydrogens is 180 g/mol. The topological polar surface area (TPSA) is 39.4 Å². The van der Waals surface area contributed by atoms with Gasteiger partial charge < -0.3 is 9.15 Å². The van der Waals surface area contributed by atoms with E-state index in [4.69, 9.17) is 9.15 Å². The summed E-state index contributed by atoms with van der Waals surface area (Å²) in [6, 6.07) is 3.61. The van der Waals surface area contributed by atoms with Gasteiger partial charge in [-0.05, 0) is 32.9 Å². The zero-order valence-corrected chi connectivity index (χ0v) is 8.66. The van der Waals surface area contributed by atoms with E-state index >= 15 is 0 Å². The number of furan rings is 1. The van der Waals surface area contributed by atoms with Crippen molar-refractivity contribution >= 4 is 11.5 Å². The molecule has 0 aliphatic carbocycles. The van der Waals surface area contributed by atoms with Crippen molar-refractivity contribution in [2.75, 3.05) is 6.61 Å². The van der Waals surface area contributed by atoms with Gasteiger partial charge in [-0.3, -0.25) is 0 Å². The average Bonchev–Trinajstić information content (AvgIpc) is 2.68. The number of allylic oxidation sites excluding steroid dienone is 1. The maximum absolute atomic E-state index is 11.4. The summed E-state index contributed by atoms with van der Waals surface area (Å²) >= 11 is 0. The lowest BCUT2D eigenvalue weighted by molar-refractivity contribution is -0.138. The molecule has 0 bridgehead atoms. The van der Waals surface area contributed by atoms with Crippen LogP contribution in [-0.2, 0) is 9.53 Å². The molecular formula is C11H14O3. The van der Waals surface area contributed by atoms with E-state index in [0.29, 0.717) is 17.9 Å². The van der Waals surface area contributed by atoms with Gasteiger partial charge in [0.25, 0.3) is 0 Å². The molecule has 0 saturated heterocycles. The van der Waals surface area contributed by atoms with Gasteiger partial charge >= 0.3 is 5.97 Å². The summed E-state index contributed by atoms with van der Waals surface area (Å²) in [6.07, 6.45) is 1.58. The maximum Gasteiger partial charge on any atom is 0.334 e. The van der Waals surface area contributed by atoms with Gasteiger partial charge in [-0.2, -0.15) is 0 Å². The Morgan fingerprint density at radius 1 is 1.50 bits per heavy atom. The lowest BCUT2D eigenvalue weighted by Crippen LogP contribution is -2.06. The Hall–Kier alpha value is -1.51. The molecule has 0 saturated carbocycles. The van der Waals surface area contributed by atoms with E-state index < -0.39 is 0 Å². The molecule has 0 atom stereocenters. The van der Waals surface area contributed by atoms with Gasteiger partial charge in [-0.1, -0.05) is 0 Å². The van der Waals surface area contributed by atoms with Gasteiger partial charge in [0, 0.05) is 11.1 Å². The summed E-state index contributed by atoms with van der Waals surface area (Å²) in [6.45, 7) is 5.75. The second-order valence-electron chi connectivity index (χ2n) is 2.95. The molecule has 1 aromatic rings. The molecule has 14 heavy (non-hydrogen) atoms. The van der Waals surface area contributed by atoms with Gasteiger partial charge in [0.05, 0.1) is 12.9 Å². The molecule has 0 aliphatic rings. The molecule has 0 aliphatic heterocycles. The van der Waals surface area contributed by atoms with Gasteiger partial charge in [0.2, 0.25) is 0 Å². The fourth-order valence-corrected chi connectivity index (χ4v) is 1.07. The van der Waals surface area contributed by atoms with Crippen LogP contribution in [0.4, 0.5) is 0 Å². The van der Waals surface area contributed by atoms with Crippen LogP contribution in [0.25, 0.3) is 5.57 Å². The predicted molar refractivity (Wildman–Crippen MR) is 53.6 cm³/mol. The lowest BCUT2D eigenvalue weighted by Gasteiger charge is -2.04. The van der Waals surface area contributed by atoms with Crippen LogP contribution in [0, 0.1) is 0 Å². The fourth-order valence-electron chi connectivity index (χ4n) is 1.07. The molecule has 1 heterocycles. The van der Waals surface area contributed by atoms with E-state index in [1.165, 1.54) is 0 Å². The lowest BCUT2D eigenvalue weighted by atomic mass is 10.1. The fraction of sp³-hybridized carbons (Fsp3) is 0.364. The van der Waals surface area contributed by atoms with E-state index in [1.54, 1.807) is 26.2 Å². The first-order valence-electron chi connectivity index (χ1n) is 4.55. The summed E-state index contributed by atoms with van der Waals surface area (Å²) in [5, 5.41) is 0. The highest BCUT2D eigenvalue weighted by Gasteiger charge is 2.11. The van der Waals surface area contributed by atoms with Crippen LogP contribution in [-0.4, -0.2) is 12.6 Å². The van der Waals surface area contributed by atoms with Crippen LogP contribution in [0.15, 0.2) is 28.4 Å². The van der Waals surface area contributed by atoms with Crippen molar-refractivity contribution in [3.05, 3.63) is 29.7 Å². The van der Waals surface area contributed by atoms with Gasteiger partial charge in [-0.15, -0.1) is 0 Å². The number of carbonyl (C=O) groups is 1. The number of esters is 1. The Labute approximate surface area is 83.4 Å². The third-order valence-electron chi connectivity index (χ3n) is 2.03. The number of hydrogen-bond donors (Lipinski definition) is 0. The molecule has 0 aromatic carbocycles. The molecule has 1 aromatic heterocycles. The first kappa shape index (κ1) is 10.6. The number of hydrogen-bond acceptors (Lipinski definition) is 3. The van der Waals surface area contributed by atoms with Crippen LogP contribution >= 0.6 is 0 Å². The van der Waals surface area contributed by atoms with Crippen LogP contribution < -0.4 is 0 Å². The minimum atomic E-state index is -0.290. The third-order valence-corrected chi connectivity index (χ3v) is 2.03. The molecule has 3 nitrogen and oxygen atoms in total. The SMILES string of the molecule is CCOC(=O)/C(C)=C(/C)c1ccco1. The molecule has 76 valence electrons. The predicted octanol–water partition coefficient (Wildman–Crippen LogP) is 2.64. The van der Waals surface area contributed by atoms with E-state index in [0.717, 1.165) is 5.57 Å². The minimum absolute atomic E-state index is 0.290. The van der Waals surface area contributed by atoms with Gasteiger partial charge in [0.1, 0.15) is 5.76 Å². The summed E-state index contributed by atoms with van der Waals surface area (Å²) in [4.78, 5) is 11.4. The zero-order valence-electron chi connectivity index (χ0n) is 8.66. The highest BCUT2D eigenvalue weighted by Crippen LogP contribution is 2.18. The molecule has 0 radical (unpaired) electrons. The molecule has 0 amide bonds. The van der Waals surface area contributed by atoms with Crippen LogP contribution in [0.2, 0.25) is 0 Å². The Morgan fingerprint density at radius 2 is 2.21 bits per heavy atom. The average molecular weight is 194 g/mol. The highest BCUT2D eigenvalue weighted by atomic mass is 16.5. The van der Waals surface area contributed by atoms with Crippen molar-refractivity contribution < 1.29 is 13.9 Å². The number of ether oxygens (including phenoxy) is 1. The second-order valence-corrected chi connectivity index (χ2v) is 2.95. The highest BCUT2D eigenvalue weighted by molar-refractivity contribution is 5.95. The Kier molecular flexibility index (Phi) is 3.51. The van der Waals surface area contributed by atoms with Gasteiger partial charge in [-0.25, -0.2) is 4.79 Å². The van der Waals surface area contributed by atoms with Crippen molar-refractivity contribution in [1.82, 2.24) is 0 Å². The minimum Gasteiger partial charge on any atom is -0.465 e. The van der Waals surface area contributed by atoms with Crippen molar-refractivity contribution in [2.45, 2.75) is 20.8 Å². The van der Waals surface area contributed by atoms with Crippen molar-refractivity contribution in [2.24, 2.45) is 0 Å². The maximum atomic E-state index is 11.4. The smallest absolute Gasteiger partial charge is 0.334 e. The van der Waals surface area contributed by atoms with Crippen LogP contribution in [0.1, 0.15) is 26.5 Å². The van der Waals surface area contributed by atoms with E-state index in [2.05, 4.69) is 0 Å². The van der Waals surface area contributed by atoms with Crippen molar-refractivity contribution in [1.29, 1.82) is 0 Å². The monoisotopic (exact) mass is 194 g/mol. The molecule has 0 fully saturated rings. The van der Waals surface area contributed by atoms with E-state index in [9.17, 15) is 4.79 Å². The number of carbonyl (C=O) groups excluding carboxylic acids is 1. The second kappa shape index (κ2) is 4.65. The summed E-state index contributed by atoms with van der Waals surface area (Å²) in [5.41, 5.74) is 1.40. The first-order chi connectivity index (χ1) is 6.66. The third kappa shape index (κ3) is 2.25. The molecule has 3 heteroatoms. The zero-order chi connectivity index (χ0) is 10.6. The Morgan fingerprint density at radius 3 is 2.71 bits per heavy atom. The molecule has 0 spiro atoms. The van der Waals surface area contributed by atoms with Crippen molar-refractivity contribution in [3.8, 4) is 0 Å². The summed E-state index contributed by atoms with van der Waals surface area (Å²) < 4.78 is 10.1. The quantitative estimate of drug-likeness (QED) is 0.548. The normalized spacial score (nSPS) is 12.2.